The highest BCUT2D eigenvalue weighted by atomic mass is 32.1. The molecule has 220 valence electrons. The van der Waals surface area contributed by atoms with Crippen molar-refractivity contribution >= 4 is 67.1 Å². The van der Waals surface area contributed by atoms with Gasteiger partial charge in [-0.15, -0.1) is 0 Å². The number of rotatable bonds is 5. The molecular formula is C39H26N4O2S. The van der Waals surface area contributed by atoms with Crippen LogP contribution in [0.25, 0.3) is 43.7 Å². The van der Waals surface area contributed by atoms with Gasteiger partial charge in [0.25, 0.3) is 5.43 Å². The van der Waals surface area contributed by atoms with Crippen molar-refractivity contribution < 1.29 is 0 Å². The largest absolute Gasteiger partial charge is 0.311 e. The van der Waals surface area contributed by atoms with Crippen LogP contribution in [-0.4, -0.2) is 8.75 Å². The van der Waals surface area contributed by atoms with Crippen molar-refractivity contribution in [2.24, 2.45) is 4.99 Å². The lowest BCUT2D eigenvalue weighted by atomic mass is 10.0. The lowest BCUT2D eigenvalue weighted by Crippen LogP contribution is -2.30. The van der Waals surface area contributed by atoms with Crippen LogP contribution in [0.4, 0.5) is 22.7 Å². The maximum absolute atomic E-state index is 13.1. The number of anilines is 3. The van der Waals surface area contributed by atoms with E-state index in [0.29, 0.717) is 27.5 Å². The Morgan fingerprint density at radius 1 is 0.587 bits per heavy atom. The first-order valence-corrected chi connectivity index (χ1v) is 15.7. The molecule has 1 aromatic heterocycles. The molecule has 0 aliphatic carbocycles. The molecule has 0 fully saturated rings. The molecule has 0 bridgehead atoms. The van der Waals surface area contributed by atoms with Gasteiger partial charge in [0.05, 0.1) is 17.4 Å². The topological polar surface area (TPSA) is 75.5 Å². The van der Waals surface area contributed by atoms with E-state index in [1.807, 2.05) is 42.5 Å². The minimum atomic E-state index is -0.604. The van der Waals surface area contributed by atoms with E-state index in [9.17, 15) is 9.59 Å². The van der Waals surface area contributed by atoms with Crippen LogP contribution < -0.4 is 21.1 Å². The Morgan fingerprint density at radius 2 is 1.13 bits per heavy atom. The van der Waals surface area contributed by atoms with Crippen LogP contribution in [0.1, 0.15) is 11.1 Å². The Hall–Kier alpha value is -5.79. The van der Waals surface area contributed by atoms with Crippen molar-refractivity contribution in [3.63, 3.8) is 0 Å². The van der Waals surface area contributed by atoms with Gasteiger partial charge >= 0.3 is 0 Å². The van der Waals surface area contributed by atoms with E-state index in [1.165, 1.54) is 11.1 Å². The Bertz CT molecular complexity index is 2540. The average Bonchev–Trinajstić information content (AvgIpc) is 3.66. The molecule has 0 aliphatic heterocycles. The van der Waals surface area contributed by atoms with Gasteiger partial charge in [-0.05, 0) is 90.8 Å². The highest BCUT2D eigenvalue weighted by Crippen LogP contribution is 2.38. The summed E-state index contributed by atoms with van der Waals surface area (Å²) < 4.78 is 9.17. The molecule has 8 aromatic rings. The highest BCUT2D eigenvalue weighted by molar-refractivity contribution is 7.00. The number of aryl methyl sites for hydroxylation is 2. The quantitative estimate of drug-likeness (QED) is 0.182. The van der Waals surface area contributed by atoms with Crippen LogP contribution in [0, 0.1) is 13.8 Å². The summed E-state index contributed by atoms with van der Waals surface area (Å²) in [6.45, 7) is 4.18. The Balaban J connectivity index is 1.21. The second-order valence-electron chi connectivity index (χ2n) is 11.5. The zero-order chi connectivity index (χ0) is 31.4. The Labute approximate surface area is 268 Å². The first-order valence-electron chi connectivity index (χ1n) is 14.9. The third kappa shape index (κ3) is 4.69. The second-order valence-corrected chi connectivity index (χ2v) is 12.0. The smallest absolute Gasteiger partial charge is 0.252 e. The van der Waals surface area contributed by atoms with Crippen molar-refractivity contribution in [1.29, 1.82) is 0 Å². The molecule has 1 heterocycles. The molecular weight excluding hydrogens is 589 g/mol. The molecule has 8 rings (SSSR count). The summed E-state index contributed by atoms with van der Waals surface area (Å²) in [6.07, 6.45) is 0. The van der Waals surface area contributed by atoms with Crippen LogP contribution >= 0.6 is 11.7 Å². The first kappa shape index (κ1) is 27.7. The number of benzene rings is 6. The monoisotopic (exact) mass is 614 g/mol. The van der Waals surface area contributed by atoms with E-state index >= 15 is 0 Å². The maximum Gasteiger partial charge on any atom is 0.252 e. The third-order valence-electron chi connectivity index (χ3n) is 8.45. The molecule has 0 spiro atoms. The molecule has 0 unspecified atom stereocenters. The maximum atomic E-state index is 13.1. The molecule has 0 saturated carbocycles. The van der Waals surface area contributed by atoms with Crippen molar-refractivity contribution in [3.05, 3.63) is 158 Å². The third-order valence-corrected chi connectivity index (χ3v) is 8.98. The number of hydrogen-bond donors (Lipinski definition) is 0. The van der Waals surface area contributed by atoms with Crippen molar-refractivity contribution in [2.75, 3.05) is 4.90 Å². The van der Waals surface area contributed by atoms with Gasteiger partial charge in [-0.25, -0.2) is 4.99 Å². The van der Waals surface area contributed by atoms with E-state index in [4.69, 9.17) is 4.99 Å². The lowest BCUT2D eigenvalue weighted by molar-refractivity contribution is 1.27. The van der Waals surface area contributed by atoms with Gasteiger partial charge in [-0.2, -0.15) is 8.75 Å². The SMILES string of the molecule is Cc1ccc(N(c2ccc(C)cc2)c2ccc(-c3ccc(N=c4c(=O)c(=O)c5cc6ccccc6cc45)c4nsnc34)cc2)cc1. The molecule has 0 aliphatic rings. The summed E-state index contributed by atoms with van der Waals surface area (Å²) in [4.78, 5) is 33.0. The number of aromatic nitrogens is 2. The van der Waals surface area contributed by atoms with Crippen LogP contribution in [0.5, 0.6) is 0 Å². The molecule has 7 heteroatoms. The fourth-order valence-electron chi connectivity index (χ4n) is 6.01. The Morgan fingerprint density at radius 3 is 1.74 bits per heavy atom. The number of fused-ring (bicyclic) bond motifs is 3. The second kappa shape index (κ2) is 11.0. The molecule has 0 saturated heterocycles. The van der Waals surface area contributed by atoms with Gasteiger partial charge in [0.15, 0.2) is 0 Å². The molecule has 7 aromatic carbocycles. The average molecular weight is 615 g/mol. The van der Waals surface area contributed by atoms with Crippen LogP contribution in [0.3, 0.4) is 0 Å². The van der Waals surface area contributed by atoms with Gasteiger partial charge in [-0.1, -0.05) is 71.8 Å². The lowest BCUT2D eigenvalue weighted by Gasteiger charge is -2.26. The van der Waals surface area contributed by atoms with Crippen molar-refractivity contribution in [1.82, 2.24) is 8.75 Å². The fourth-order valence-corrected chi connectivity index (χ4v) is 6.58. The van der Waals surface area contributed by atoms with Crippen LogP contribution in [0.15, 0.2) is 136 Å². The fraction of sp³-hybridized carbons (Fsp3) is 0.0513. The number of hydrogen-bond acceptors (Lipinski definition) is 7. The Kier molecular flexibility index (Phi) is 6.62. The summed E-state index contributed by atoms with van der Waals surface area (Å²) in [7, 11) is 0. The van der Waals surface area contributed by atoms with E-state index in [-0.39, 0.29) is 5.36 Å². The highest BCUT2D eigenvalue weighted by Gasteiger charge is 2.17. The van der Waals surface area contributed by atoms with Gasteiger partial charge in [0.1, 0.15) is 16.4 Å². The van der Waals surface area contributed by atoms with Gasteiger partial charge in [0, 0.05) is 33.4 Å². The zero-order valence-corrected chi connectivity index (χ0v) is 25.9. The van der Waals surface area contributed by atoms with E-state index in [1.54, 1.807) is 6.07 Å². The van der Waals surface area contributed by atoms with E-state index in [2.05, 4.69) is 100 Å². The summed E-state index contributed by atoms with van der Waals surface area (Å²) in [5.74, 6) is 0. The zero-order valence-electron chi connectivity index (χ0n) is 25.1. The summed E-state index contributed by atoms with van der Waals surface area (Å²) in [5.41, 5.74) is 8.15. The van der Waals surface area contributed by atoms with Gasteiger partial charge < -0.3 is 4.90 Å². The standard InChI is InChI=1S/C39H26N4O2S/c1-23-7-13-28(14-8-23)43(29-15-9-24(2)10-16-29)30-17-11-25(12-18-30)31-19-20-34(37-35(31)41-46-42-37)40-36-32-21-26-5-3-4-6-27(26)22-33(32)38(44)39(36)45/h3-22H,1-2H3. The molecule has 6 nitrogen and oxygen atoms in total. The normalized spacial score (nSPS) is 12.0. The first-order chi connectivity index (χ1) is 22.4. The molecule has 0 radical (unpaired) electrons. The van der Waals surface area contributed by atoms with Crippen molar-refractivity contribution in [3.8, 4) is 11.1 Å². The molecule has 0 N–H and O–H groups in total. The summed E-state index contributed by atoms with van der Waals surface area (Å²) >= 11 is 1.10. The van der Waals surface area contributed by atoms with E-state index < -0.39 is 10.9 Å². The summed E-state index contributed by atoms with van der Waals surface area (Å²) in [5, 5.41) is 2.93. The molecule has 46 heavy (non-hydrogen) atoms. The van der Waals surface area contributed by atoms with E-state index in [0.717, 1.165) is 50.7 Å². The van der Waals surface area contributed by atoms with Crippen molar-refractivity contribution in [2.45, 2.75) is 13.8 Å². The predicted octanol–water partition coefficient (Wildman–Crippen LogP) is 8.58. The number of nitrogens with zero attached hydrogens (tertiary/aromatic N) is 4. The molecule has 0 amide bonds. The minimum Gasteiger partial charge on any atom is -0.311 e. The minimum absolute atomic E-state index is 0.143. The van der Waals surface area contributed by atoms with Crippen LogP contribution in [-0.2, 0) is 0 Å². The van der Waals surface area contributed by atoms with Gasteiger partial charge in [0.2, 0.25) is 5.43 Å². The predicted molar refractivity (Wildman–Crippen MR) is 189 cm³/mol. The molecule has 0 atom stereocenters. The summed E-state index contributed by atoms with van der Waals surface area (Å²) in [6, 6.07) is 40.6. The van der Waals surface area contributed by atoms with Gasteiger partial charge in [-0.3, -0.25) is 9.59 Å². The van der Waals surface area contributed by atoms with Crippen LogP contribution in [0.2, 0.25) is 0 Å².